The number of anilines is 3. The molecule has 0 bridgehead atoms. The second-order valence-electron chi connectivity index (χ2n) is 10.3. The van der Waals surface area contributed by atoms with Gasteiger partial charge in [0.2, 0.25) is 0 Å². The summed E-state index contributed by atoms with van der Waals surface area (Å²) in [5.41, 5.74) is 9.27. The van der Waals surface area contributed by atoms with E-state index in [2.05, 4.69) is 178 Å². The van der Waals surface area contributed by atoms with Gasteiger partial charge in [0.15, 0.2) is 0 Å². The Labute approximate surface area is 238 Å². The Bertz CT molecular complexity index is 2100. The summed E-state index contributed by atoms with van der Waals surface area (Å²) in [6.07, 6.45) is 2.18. The lowest BCUT2D eigenvalue weighted by Gasteiger charge is -2.26. The number of hydrogen-bond acceptors (Lipinski definition) is 1. The van der Waals surface area contributed by atoms with Crippen molar-refractivity contribution in [3.63, 3.8) is 0 Å². The van der Waals surface area contributed by atoms with Crippen LogP contribution in [0.1, 0.15) is 0 Å². The van der Waals surface area contributed by atoms with E-state index in [-0.39, 0.29) is 0 Å². The van der Waals surface area contributed by atoms with Gasteiger partial charge in [0.1, 0.15) is 0 Å². The SMILES string of the molecule is c1ccc(N(c2ccccc2)c2cccc(-n3c4ccccc4c4c5ccn(-c6ccccc6)c5ccc43)c2)cc1. The third-order valence-electron chi connectivity index (χ3n) is 7.91. The van der Waals surface area contributed by atoms with Gasteiger partial charge in [0, 0.05) is 50.8 Å². The molecule has 0 saturated heterocycles. The molecule has 0 amide bonds. The van der Waals surface area contributed by atoms with Crippen LogP contribution in [-0.2, 0) is 0 Å². The van der Waals surface area contributed by atoms with Gasteiger partial charge < -0.3 is 14.0 Å². The highest BCUT2D eigenvalue weighted by molar-refractivity contribution is 6.21. The predicted molar refractivity (Wildman–Crippen MR) is 172 cm³/mol. The van der Waals surface area contributed by atoms with Crippen molar-refractivity contribution >= 4 is 49.8 Å². The van der Waals surface area contributed by atoms with E-state index in [9.17, 15) is 0 Å². The van der Waals surface area contributed by atoms with Crippen molar-refractivity contribution in [3.8, 4) is 11.4 Å². The Hall–Kier alpha value is -5.54. The third-order valence-corrected chi connectivity index (χ3v) is 7.91. The Morgan fingerprint density at radius 2 is 0.951 bits per heavy atom. The van der Waals surface area contributed by atoms with Gasteiger partial charge >= 0.3 is 0 Å². The molecule has 3 nitrogen and oxygen atoms in total. The summed E-state index contributed by atoms with van der Waals surface area (Å²) in [5.74, 6) is 0. The number of benzene rings is 6. The van der Waals surface area contributed by atoms with Crippen LogP contribution in [0.15, 0.2) is 164 Å². The Balaban J connectivity index is 1.36. The van der Waals surface area contributed by atoms with Crippen molar-refractivity contribution in [3.05, 3.63) is 164 Å². The summed E-state index contributed by atoms with van der Waals surface area (Å²) < 4.78 is 4.68. The fraction of sp³-hybridized carbons (Fsp3) is 0. The second kappa shape index (κ2) is 9.58. The molecule has 0 aliphatic heterocycles. The molecule has 0 unspecified atom stereocenters. The third kappa shape index (κ3) is 3.82. The maximum Gasteiger partial charge on any atom is 0.0548 e. The quantitative estimate of drug-likeness (QED) is 0.218. The second-order valence-corrected chi connectivity index (χ2v) is 10.3. The highest BCUT2D eigenvalue weighted by Crippen LogP contribution is 2.40. The molecule has 0 N–H and O–H groups in total. The molecule has 2 aromatic heterocycles. The molecule has 6 aromatic carbocycles. The molecular formula is C38H27N3. The highest BCUT2D eigenvalue weighted by Gasteiger charge is 2.18. The number of rotatable bonds is 5. The molecule has 41 heavy (non-hydrogen) atoms. The molecule has 194 valence electrons. The van der Waals surface area contributed by atoms with Crippen LogP contribution in [0, 0.1) is 0 Å². The summed E-state index contributed by atoms with van der Waals surface area (Å²) >= 11 is 0. The summed E-state index contributed by atoms with van der Waals surface area (Å²) in [7, 11) is 0. The smallest absolute Gasteiger partial charge is 0.0548 e. The van der Waals surface area contributed by atoms with E-state index in [1.165, 1.54) is 38.4 Å². The zero-order chi connectivity index (χ0) is 27.2. The first-order valence-corrected chi connectivity index (χ1v) is 14.0. The number of nitrogens with zero attached hydrogens (tertiary/aromatic N) is 3. The topological polar surface area (TPSA) is 13.1 Å². The van der Waals surface area contributed by atoms with Crippen LogP contribution in [0.25, 0.3) is 44.1 Å². The van der Waals surface area contributed by atoms with Crippen LogP contribution in [0.2, 0.25) is 0 Å². The summed E-state index contributed by atoms with van der Waals surface area (Å²) in [4.78, 5) is 2.32. The van der Waals surface area contributed by atoms with Crippen LogP contribution >= 0.6 is 0 Å². The Kier molecular flexibility index (Phi) is 5.46. The molecule has 8 rings (SSSR count). The number of aromatic nitrogens is 2. The lowest BCUT2D eigenvalue weighted by Crippen LogP contribution is -2.10. The first-order chi connectivity index (χ1) is 20.4. The predicted octanol–water partition coefficient (Wildman–Crippen LogP) is 10.2. The Morgan fingerprint density at radius 1 is 0.390 bits per heavy atom. The molecule has 0 spiro atoms. The average molecular weight is 526 g/mol. The molecule has 0 aliphatic carbocycles. The van der Waals surface area contributed by atoms with E-state index in [0.717, 1.165) is 22.7 Å². The monoisotopic (exact) mass is 525 g/mol. The van der Waals surface area contributed by atoms with Crippen molar-refractivity contribution in [2.45, 2.75) is 0 Å². The number of hydrogen-bond donors (Lipinski definition) is 0. The maximum atomic E-state index is 2.40. The van der Waals surface area contributed by atoms with E-state index in [1.54, 1.807) is 0 Å². The number of para-hydroxylation sites is 4. The minimum Gasteiger partial charge on any atom is -0.317 e. The van der Waals surface area contributed by atoms with Gasteiger partial charge in [-0.15, -0.1) is 0 Å². The Morgan fingerprint density at radius 3 is 1.68 bits per heavy atom. The fourth-order valence-corrected chi connectivity index (χ4v) is 6.15. The van der Waals surface area contributed by atoms with Crippen molar-refractivity contribution in [2.24, 2.45) is 0 Å². The molecule has 2 heterocycles. The molecule has 0 atom stereocenters. The van der Waals surface area contributed by atoms with E-state index in [1.807, 2.05) is 0 Å². The fourth-order valence-electron chi connectivity index (χ4n) is 6.15. The molecule has 0 saturated carbocycles. The largest absolute Gasteiger partial charge is 0.317 e. The zero-order valence-electron chi connectivity index (χ0n) is 22.4. The highest BCUT2D eigenvalue weighted by atomic mass is 15.1. The van der Waals surface area contributed by atoms with Gasteiger partial charge in [-0.1, -0.05) is 78.9 Å². The maximum absolute atomic E-state index is 2.40. The van der Waals surface area contributed by atoms with Crippen LogP contribution in [0.5, 0.6) is 0 Å². The van der Waals surface area contributed by atoms with Crippen LogP contribution in [0.3, 0.4) is 0 Å². The standard InChI is InChI=1S/C38H27N3/c1-4-13-28(14-5-1)39-26-25-34-35(39)23-24-37-38(34)33-21-10-11-22-36(33)41(37)32-20-12-19-31(27-32)40(29-15-6-2-7-16-29)30-17-8-3-9-18-30/h1-27H. The van der Waals surface area contributed by atoms with Gasteiger partial charge in [0.05, 0.1) is 16.6 Å². The van der Waals surface area contributed by atoms with Gasteiger partial charge in [-0.05, 0) is 78.9 Å². The van der Waals surface area contributed by atoms with Gasteiger partial charge in [-0.2, -0.15) is 0 Å². The minimum atomic E-state index is 1.11. The van der Waals surface area contributed by atoms with Crippen molar-refractivity contribution in [2.75, 3.05) is 4.90 Å². The van der Waals surface area contributed by atoms with Crippen molar-refractivity contribution < 1.29 is 0 Å². The summed E-state index contributed by atoms with van der Waals surface area (Å²) in [5, 5.41) is 3.79. The average Bonchev–Trinajstić information content (AvgIpc) is 3.62. The van der Waals surface area contributed by atoms with Gasteiger partial charge in [-0.25, -0.2) is 0 Å². The van der Waals surface area contributed by atoms with Crippen molar-refractivity contribution in [1.82, 2.24) is 9.13 Å². The summed E-state index contributed by atoms with van der Waals surface area (Å²) in [6.45, 7) is 0. The number of fused-ring (bicyclic) bond motifs is 5. The van der Waals surface area contributed by atoms with E-state index < -0.39 is 0 Å². The van der Waals surface area contributed by atoms with Gasteiger partial charge in [-0.3, -0.25) is 0 Å². The minimum absolute atomic E-state index is 1.11. The summed E-state index contributed by atoms with van der Waals surface area (Å²) in [6, 6.07) is 56.1. The first kappa shape index (κ1) is 23.4. The van der Waals surface area contributed by atoms with E-state index in [0.29, 0.717) is 0 Å². The van der Waals surface area contributed by atoms with Crippen LogP contribution < -0.4 is 4.90 Å². The lowest BCUT2D eigenvalue weighted by atomic mass is 10.1. The lowest BCUT2D eigenvalue weighted by molar-refractivity contribution is 1.13. The van der Waals surface area contributed by atoms with Crippen LogP contribution in [0.4, 0.5) is 17.1 Å². The first-order valence-electron chi connectivity index (χ1n) is 14.0. The van der Waals surface area contributed by atoms with E-state index >= 15 is 0 Å². The van der Waals surface area contributed by atoms with Crippen LogP contribution in [-0.4, -0.2) is 9.13 Å². The molecule has 3 heteroatoms. The molecule has 0 radical (unpaired) electrons. The zero-order valence-corrected chi connectivity index (χ0v) is 22.4. The normalized spacial score (nSPS) is 11.4. The molecule has 0 fully saturated rings. The van der Waals surface area contributed by atoms with Gasteiger partial charge in [0.25, 0.3) is 0 Å². The molecule has 8 aromatic rings. The molecular weight excluding hydrogens is 498 g/mol. The van der Waals surface area contributed by atoms with E-state index in [4.69, 9.17) is 0 Å². The molecule has 0 aliphatic rings. The van der Waals surface area contributed by atoms with Crippen molar-refractivity contribution in [1.29, 1.82) is 0 Å².